The first-order valence-electron chi connectivity index (χ1n) is 11.1. The zero-order chi connectivity index (χ0) is 22.8. The van der Waals surface area contributed by atoms with Crippen LogP contribution in [0, 0.1) is 0 Å². The van der Waals surface area contributed by atoms with Gasteiger partial charge in [0.15, 0.2) is 0 Å². The molecule has 5 aromatic rings. The molecule has 0 bridgehead atoms. The van der Waals surface area contributed by atoms with Gasteiger partial charge in [-0.1, -0.05) is 0 Å². The molecule has 0 unspecified atom stereocenters. The second-order valence-electron chi connectivity index (χ2n) is 8.36. The average molecular weight is 513 g/mol. The van der Waals surface area contributed by atoms with Crippen LogP contribution in [0.3, 0.4) is 0 Å². The van der Waals surface area contributed by atoms with Gasteiger partial charge in [0, 0.05) is 0 Å². The average Bonchev–Trinajstić information content (AvgIpc) is 2.90. The molecule has 0 heterocycles. The summed E-state index contributed by atoms with van der Waals surface area (Å²) in [4.78, 5) is 0. The number of halogens is 1. The Labute approximate surface area is 203 Å². The zero-order valence-corrected chi connectivity index (χ0v) is 21.0. The van der Waals surface area contributed by atoms with Crippen molar-refractivity contribution in [1.82, 2.24) is 0 Å². The molecule has 0 amide bonds. The molecule has 0 aliphatic carbocycles. The monoisotopic (exact) mass is 512 g/mol. The van der Waals surface area contributed by atoms with Crippen molar-refractivity contribution in [1.29, 1.82) is 0 Å². The van der Waals surface area contributed by atoms with Crippen LogP contribution < -0.4 is 20.7 Å². The first-order valence-corrected chi connectivity index (χ1v) is 15.5. The van der Waals surface area contributed by atoms with Crippen LogP contribution >= 0.6 is 20.8 Å². The Bertz CT molecular complexity index is 1290. The molecule has 3 heteroatoms. The Morgan fingerprint density at radius 3 is 1.39 bits per heavy atom. The molecular weight excluding hydrogens is 487 g/mol. The van der Waals surface area contributed by atoms with Gasteiger partial charge in [0.25, 0.3) is 0 Å². The fourth-order valence-electron chi connectivity index (χ4n) is 4.84. The standard InChI is InChI=1S/C30H26BrOP/c1-32-30-22-25-14-12-11-13-24(25)21-26(30)23-33(31,27-15-5-2-6-16-27,28-17-7-3-8-18-28)29-19-9-4-10-20-29/h2-22H,23H2,1H3. The molecule has 0 fully saturated rings. The predicted octanol–water partition coefficient (Wildman–Crippen LogP) is 7.19. The predicted molar refractivity (Wildman–Crippen MR) is 148 cm³/mol. The number of hydrogen-bond donors (Lipinski definition) is 0. The summed E-state index contributed by atoms with van der Waals surface area (Å²) < 4.78 is 5.95. The van der Waals surface area contributed by atoms with Crippen molar-refractivity contribution < 1.29 is 4.74 Å². The Balaban J connectivity index is 1.87. The second kappa shape index (κ2) is 8.78. The summed E-state index contributed by atoms with van der Waals surface area (Å²) in [6.07, 6.45) is 0.803. The Kier molecular flexibility index (Phi) is 5.83. The third kappa shape index (κ3) is 3.68. The topological polar surface area (TPSA) is 9.23 Å². The van der Waals surface area contributed by atoms with Gasteiger partial charge in [-0.2, -0.15) is 0 Å². The normalized spacial score (nSPS) is 12.7. The molecular formula is C30H26BrOP. The molecule has 5 rings (SSSR count). The Morgan fingerprint density at radius 1 is 0.576 bits per heavy atom. The third-order valence-electron chi connectivity index (χ3n) is 6.50. The molecule has 0 saturated heterocycles. The number of hydrogen-bond acceptors (Lipinski definition) is 1. The van der Waals surface area contributed by atoms with Gasteiger partial charge in [0.05, 0.1) is 0 Å². The van der Waals surface area contributed by atoms with Gasteiger partial charge in [-0.05, 0) is 0 Å². The summed E-state index contributed by atoms with van der Waals surface area (Å²) in [5, 5.41) is 3.23. The van der Waals surface area contributed by atoms with Gasteiger partial charge >= 0.3 is 204 Å². The van der Waals surface area contributed by atoms with Crippen molar-refractivity contribution in [3.8, 4) is 5.75 Å². The molecule has 0 atom stereocenters. The minimum absolute atomic E-state index is 0.803. The van der Waals surface area contributed by atoms with E-state index in [9.17, 15) is 0 Å². The van der Waals surface area contributed by atoms with Crippen LogP contribution in [0.5, 0.6) is 5.75 Å². The number of fused-ring (bicyclic) bond motifs is 1. The van der Waals surface area contributed by atoms with E-state index in [1.54, 1.807) is 7.11 Å². The summed E-state index contributed by atoms with van der Waals surface area (Å²) in [5.41, 5.74) is 1.20. The molecule has 5 aromatic carbocycles. The van der Waals surface area contributed by atoms with E-state index in [0.29, 0.717) is 0 Å². The molecule has 0 aromatic heterocycles. The maximum absolute atomic E-state index is 5.95. The van der Waals surface area contributed by atoms with E-state index in [1.807, 2.05) is 0 Å². The first kappa shape index (κ1) is 21.9. The third-order valence-corrected chi connectivity index (χ3v) is 16.0. The second-order valence-corrected chi connectivity index (χ2v) is 17.3. The molecule has 0 aliphatic heterocycles. The van der Waals surface area contributed by atoms with Gasteiger partial charge in [0.1, 0.15) is 0 Å². The van der Waals surface area contributed by atoms with Crippen LogP contribution in [0.1, 0.15) is 5.56 Å². The van der Waals surface area contributed by atoms with Gasteiger partial charge in [0.2, 0.25) is 0 Å². The van der Waals surface area contributed by atoms with Crippen molar-refractivity contribution >= 4 is 47.5 Å². The van der Waals surface area contributed by atoms with Crippen molar-refractivity contribution in [2.45, 2.75) is 6.16 Å². The summed E-state index contributed by atoms with van der Waals surface area (Å²) in [5.74, 6) is 0.921. The maximum atomic E-state index is 5.95. The van der Waals surface area contributed by atoms with Crippen LogP contribution in [0.25, 0.3) is 10.8 Å². The summed E-state index contributed by atoms with van der Waals surface area (Å²) in [6.45, 7) is 0. The van der Waals surface area contributed by atoms with Crippen molar-refractivity contribution in [2.75, 3.05) is 7.11 Å². The Morgan fingerprint density at radius 2 is 0.970 bits per heavy atom. The molecule has 33 heavy (non-hydrogen) atoms. The van der Waals surface area contributed by atoms with Gasteiger partial charge in [-0.15, -0.1) is 0 Å². The number of rotatable bonds is 6. The fraction of sp³-hybridized carbons (Fsp3) is 0.0667. The summed E-state index contributed by atoms with van der Waals surface area (Å²) in [6, 6.07) is 45.6. The molecule has 0 aliphatic rings. The SMILES string of the molecule is COc1cc2ccccc2cc1CP(Br)(c1ccccc1)(c1ccccc1)c1ccccc1. The zero-order valence-electron chi connectivity index (χ0n) is 18.6. The molecule has 164 valence electrons. The van der Waals surface area contributed by atoms with E-state index in [1.165, 1.54) is 32.2 Å². The number of benzene rings is 5. The number of methoxy groups -OCH3 is 1. The summed E-state index contributed by atoms with van der Waals surface area (Å²) in [7, 11) is 1.77. The van der Waals surface area contributed by atoms with E-state index in [4.69, 9.17) is 4.74 Å². The Hall–Kier alpha value is -2.93. The minimum atomic E-state index is -3.09. The van der Waals surface area contributed by atoms with Crippen LogP contribution in [-0.4, -0.2) is 7.11 Å². The number of ether oxygens (including phenoxy) is 1. The molecule has 0 N–H and O–H groups in total. The van der Waals surface area contributed by atoms with Gasteiger partial charge in [-0.25, -0.2) is 0 Å². The van der Waals surface area contributed by atoms with Crippen LogP contribution in [0.2, 0.25) is 0 Å². The first-order chi connectivity index (χ1) is 16.1. The van der Waals surface area contributed by atoms with Crippen LogP contribution in [0.4, 0.5) is 0 Å². The molecule has 0 saturated carbocycles. The quantitative estimate of drug-likeness (QED) is 0.219. The molecule has 0 radical (unpaired) electrons. The van der Waals surface area contributed by atoms with E-state index in [-0.39, 0.29) is 0 Å². The van der Waals surface area contributed by atoms with Crippen molar-refractivity contribution in [2.24, 2.45) is 0 Å². The molecule has 1 nitrogen and oxygen atoms in total. The van der Waals surface area contributed by atoms with Crippen molar-refractivity contribution in [3.63, 3.8) is 0 Å². The fourth-order valence-corrected chi connectivity index (χ4v) is 12.5. The van der Waals surface area contributed by atoms with Gasteiger partial charge in [-0.3, -0.25) is 0 Å². The van der Waals surface area contributed by atoms with Crippen LogP contribution in [0.15, 0.2) is 127 Å². The van der Waals surface area contributed by atoms with E-state index < -0.39 is 5.31 Å². The van der Waals surface area contributed by atoms with E-state index in [2.05, 4.69) is 143 Å². The molecule has 0 spiro atoms. The van der Waals surface area contributed by atoms with Crippen molar-refractivity contribution in [3.05, 3.63) is 133 Å². The summed E-state index contributed by atoms with van der Waals surface area (Å²) >= 11 is 4.56. The van der Waals surface area contributed by atoms with Crippen LogP contribution in [-0.2, 0) is 6.16 Å². The van der Waals surface area contributed by atoms with E-state index >= 15 is 0 Å². The van der Waals surface area contributed by atoms with E-state index in [0.717, 1.165) is 11.9 Å². The van der Waals surface area contributed by atoms with Gasteiger partial charge < -0.3 is 0 Å².